The first kappa shape index (κ1) is 26.9. The zero-order valence-electron chi connectivity index (χ0n) is 24.4. The fourth-order valence-electron chi connectivity index (χ4n) is 9.13. The van der Waals surface area contributed by atoms with Gasteiger partial charge < -0.3 is 10.6 Å². The Morgan fingerprint density at radius 2 is 1.84 bits per heavy atom. The summed E-state index contributed by atoms with van der Waals surface area (Å²) in [6.45, 7) is 7.19. The van der Waals surface area contributed by atoms with Crippen LogP contribution in [-0.2, 0) is 0 Å². The Morgan fingerprint density at radius 1 is 1.05 bits per heavy atom. The highest BCUT2D eigenvalue weighted by Gasteiger charge is 2.51. The maximum Gasteiger partial charge on any atom is 0.0353 e. The largest absolute Gasteiger partial charge is 0.402 e. The molecule has 1 heterocycles. The molecule has 5 rings (SSSR count). The maximum absolute atomic E-state index is 6.74. The fourth-order valence-corrected chi connectivity index (χ4v) is 9.13. The van der Waals surface area contributed by atoms with Gasteiger partial charge in [-0.1, -0.05) is 69.4 Å². The summed E-state index contributed by atoms with van der Waals surface area (Å²) in [7, 11) is 2.37. The van der Waals surface area contributed by atoms with Crippen molar-refractivity contribution in [3.8, 4) is 0 Å². The summed E-state index contributed by atoms with van der Waals surface area (Å²) in [5.74, 6) is 3.58. The van der Waals surface area contributed by atoms with Gasteiger partial charge in [-0.3, -0.25) is 0 Å². The molecule has 0 aromatic heterocycles. The number of rotatable bonds is 7. The molecule has 2 saturated carbocycles. The highest BCUT2D eigenvalue weighted by Crippen LogP contribution is 2.60. The van der Waals surface area contributed by atoms with Crippen LogP contribution in [0.2, 0.25) is 0 Å². The topological polar surface area (TPSA) is 29.3 Å². The molecule has 2 fully saturated rings. The van der Waals surface area contributed by atoms with Gasteiger partial charge in [0, 0.05) is 30.9 Å². The molecule has 5 aliphatic rings. The van der Waals surface area contributed by atoms with Crippen LogP contribution in [0.25, 0.3) is 0 Å². The monoisotopic (exact) mass is 502 g/mol. The second-order valence-corrected chi connectivity index (χ2v) is 13.4. The molecule has 0 radical (unpaired) electrons. The molecule has 0 amide bonds. The van der Waals surface area contributed by atoms with E-state index in [0.717, 1.165) is 17.5 Å². The second kappa shape index (κ2) is 11.6. The van der Waals surface area contributed by atoms with Crippen LogP contribution < -0.4 is 5.73 Å². The van der Waals surface area contributed by atoms with Crippen molar-refractivity contribution in [1.82, 2.24) is 4.90 Å². The third-order valence-corrected chi connectivity index (χ3v) is 11.5. The molecular formula is C35H54N2. The van der Waals surface area contributed by atoms with E-state index in [1.54, 1.807) is 16.7 Å². The average molecular weight is 503 g/mol. The van der Waals surface area contributed by atoms with Gasteiger partial charge in [0.1, 0.15) is 0 Å². The molecule has 0 saturated heterocycles. The van der Waals surface area contributed by atoms with Gasteiger partial charge in [0.25, 0.3) is 0 Å². The van der Waals surface area contributed by atoms with E-state index in [-0.39, 0.29) is 0 Å². The molecular weight excluding hydrogens is 448 g/mol. The van der Waals surface area contributed by atoms with E-state index in [2.05, 4.69) is 69.3 Å². The van der Waals surface area contributed by atoms with Crippen molar-refractivity contribution in [2.75, 3.05) is 7.05 Å². The van der Waals surface area contributed by atoms with E-state index in [1.165, 1.54) is 89.9 Å². The summed E-state index contributed by atoms with van der Waals surface area (Å²) in [5, 5.41) is 0. The Kier molecular flexibility index (Phi) is 8.42. The normalized spacial score (nSPS) is 39.3. The first-order valence-corrected chi connectivity index (χ1v) is 15.8. The maximum atomic E-state index is 6.74. The first-order chi connectivity index (χ1) is 17.9. The van der Waals surface area contributed by atoms with Crippen molar-refractivity contribution in [3.05, 3.63) is 59.0 Å². The van der Waals surface area contributed by atoms with Gasteiger partial charge in [-0.05, 0) is 117 Å². The fraction of sp³-hybridized carbons (Fsp3) is 0.714. The lowest BCUT2D eigenvalue weighted by Crippen LogP contribution is -2.48. The molecule has 7 atom stereocenters. The smallest absolute Gasteiger partial charge is 0.0353 e. The molecule has 0 bridgehead atoms. The zero-order chi connectivity index (χ0) is 26.0. The Balaban J connectivity index is 1.31. The van der Waals surface area contributed by atoms with E-state index in [0.29, 0.717) is 29.2 Å². The Hall–Kier alpha value is -1.70. The van der Waals surface area contributed by atoms with E-state index in [1.807, 2.05) is 0 Å². The number of hydrogen-bond acceptors (Lipinski definition) is 2. The first-order valence-electron chi connectivity index (χ1n) is 15.8. The number of nitrogens with zero attached hydrogens (tertiary/aromatic N) is 1. The van der Waals surface area contributed by atoms with Crippen molar-refractivity contribution in [1.29, 1.82) is 0 Å². The average Bonchev–Trinajstić information content (AvgIpc) is 3.33. The molecule has 4 aliphatic carbocycles. The Labute approximate surface area is 228 Å². The predicted octanol–water partition coefficient (Wildman–Crippen LogP) is 9.08. The van der Waals surface area contributed by atoms with Crippen molar-refractivity contribution < 1.29 is 0 Å². The summed E-state index contributed by atoms with van der Waals surface area (Å²) >= 11 is 0. The van der Waals surface area contributed by atoms with Crippen LogP contribution >= 0.6 is 0 Å². The summed E-state index contributed by atoms with van der Waals surface area (Å²) in [5.41, 5.74) is 13.3. The molecule has 0 aromatic carbocycles. The van der Waals surface area contributed by atoms with Gasteiger partial charge >= 0.3 is 0 Å². The third kappa shape index (κ3) is 5.28. The molecule has 37 heavy (non-hydrogen) atoms. The van der Waals surface area contributed by atoms with Crippen molar-refractivity contribution in [2.45, 2.75) is 117 Å². The van der Waals surface area contributed by atoms with Crippen LogP contribution in [0.3, 0.4) is 0 Å². The highest BCUT2D eigenvalue weighted by atomic mass is 15.1. The highest BCUT2D eigenvalue weighted by molar-refractivity contribution is 5.36. The van der Waals surface area contributed by atoms with E-state index >= 15 is 0 Å². The van der Waals surface area contributed by atoms with Crippen LogP contribution in [0.1, 0.15) is 111 Å². The molecule has 2 N–H and O–H groups in total. The Morgan fingerprint density at radius 3 is 2.59 bits per heavy atom. The van der Waals surface area contributed by atoms with Gasteiger partial charge in [0.05, 0.1) is 0 Å². The standard InChI is InChI=1S/C35H54N2/c1-5-6-20-33(36)31-18-12-13-19-32(31)35(3)25(2)21-29(35)22-27-16-10-11-17-30(27)34-23-28(24-37(34)4)26-14-8-7-9-15-26/h5-6,14,20-21,24-25,27,30-32,34H,7-13,15-19,22-23,36H2,1-4H3/b6-5-,33-20-. The predicted molar refractivity (Wildman–Crippen MR) is 159 cm³/mol. The lowest BCUT2D eigenvalue weighted by molar-refractivity contribution is 0.0540. The summed E-state index contributed by atoms with van der Waals surface area (Å²) in [4.78, 5) is 2.62. The molecule has 1 aliphatic heterocycles. The summed E-state index contributed by atoms with van der Waals surface area (Å²) in [6, 6.07) is 0.703. The van der Waals surface area contributed by atoms with Gasteiger partial charge in [0.15, 0.2) is 0 Å². The number of nitrogens with two attached hydrogens (primary N) is 1. The summed E-state index contributed by atoms with van der Waals surface area (Å²) < 4.78 is 0. The van der Waals surface area contributed by atoms with Gasteiger partial charge in [0.2, 0.25) is 0 Å². The van der Waals surface area contributed by atoms with Crippen molar-refractivity contribution in [3.63, 3.8) is 0 Å². The Bertz CT molecular complexity index is 964. The minimum Gasteiger partial charge on any atom is -0.402 e. The molecule has 0 spiro atoms. The van der Waals surface area contributed by atoms with Crippen LogP contribution in [0.5, 0.6) is 0 Å². The number of allylic oxidation sites excluding steroid dienone is 8. The van der Waals surface area contributed by atoms with Crippen LogP contribution in [0.15, 0.2) is 59.0 Å². The third-order valence-electron chi connectivity index (χ3n) is 11.5. The van der Waals surface area contributed by atoms with E-state index in [4.69, 9.17) is 5.73 Å². The molecule has 0 aromatic rings. The second-order valence-electron chi connectivity index (χ2n) is 13.4. The molecule has 7 unspecified atom stereocenters. The van der Waals surface area contributed by atoms with Gasteiger partial charge in [-0.25, -0.2) is 0 Å². The zero-order valence-corrected chi connectivity index (χ0v) is 24.4. The van der Waals surface area contributed by atoms with Crippen molar-refractivity contribution >= 4 is 0 Å². The lowest BCUT2D eigenvalue weighted by Gasteiger charge is -2.55. The molecule has 2 nitrogen and oxygen atoms in total. The molecule has 2 heteroatoms. The minimum atomic E-state index is 0.319. The lowest BCUT2D eigenvalue weighted by atomic mass is 9.49. The van der Waals surface area contributed by atoms with E-state index < -0.39 is 0 Å². The van der Waals surface area contributed by atoms with Gasteiger partial charge in [-0.15, -0.1) is 0 Å². The number of hydrogen-bond donors (Lipinski definition) is 1. The SMILES string of the molecule is C/C=C\C=C(/N)C1CCCCC1C1(C)C(CC2CCCCC2C2CC(C3=CCCCC3)=CN2C)=CC1C. The molecule has 204 valence electrons. The van der Waals surface area contributed by atoms with Crippen molar-refractivity contribution in [2.24, 2.45) is 40.7 Å². The van der Waals surface area contributed by atoms with E-state index in [9.17, 15) is 0 Å². The quantitative estimate of drug-likeness (QED) is 0.278. The van der Waals surface area contributed by atoms with Crippen LogP contribution in [-0.4, -0.2) is 18.0 Å². The summed E-state index contributed by atoms with van der Waals surface area (Å²) in [6.07, 6.45) is 33.1. The van der Waals surface area contributed by atoms with Crippen LogP contribution in [0.4, 0.5) is 0 Å². The van der Waals surface area contributed by atoms with Gasteiger partial charge in [-0.2, -0.15) is 0 Å². The van der Waals surface area contributed by atoms with Crippen LogP contribution in [0, 0.1) is 35.0 Å². The minimum absolute atomic E-state index is 0.319.